The van der Waals surface area contributed by atoms with Crippen molar-refractivity contribution in [2.24, 2.45) is 5.92 Å². The highest BCUT2D eigenvalue weighted by molar-refractivity contribution is 6.18. The zero-order chi connectivity index (χ0) is 10.3. The third-order valence-electron chi connectivity index (χ3n) is 3.18. The Kier molecular flexibility index (Phi) is 2.26. The van der Waals surface area contributed by atoms with Crippen LogP contribution in [0.2, 0.25) is 0 Å². The van der Waals surface area contributed by atoms with Gasteiger partial charge in [0, 0.05) is 5.88 Å². The van der Waals surface area contributed by atoms with Crippen LogP contribution in [-0.2, 0) is 5.41 Å². The predicted octanol–water partition coefficient (Wildman–Crippen LogP) is 3.48. The Labute approximate surface area is 86.9 Å². The quantitative estimate of drug-likeness (QED) is 0.664. The third kappa shape index (κ3) is 1.42. The first-order valence-corrected chi connectivity index (χ1v) is 5.13. The Hall–Kier alpha value is -0.630. The van der Waals surface area contributed by atoms with E-state index in [-0.39, 0.29) is 5.41 Å². The Balaban J connectivity index is 2.31. The lowest BCUT2D eigenvalue weighted by Gasteiger charge is -2.10. The lowest BCUT2D eigenvalue weighted by molar-refractivity contribution is 0.504. The molecule has 1 aromatic carbocycles. The van der Waals surface area contributed by atoms with Gasteiger partial charge in [-0.3, -0.25) is 0 Å². The maximum Gasteiger partial charge on any atom is 0.159 e. The second-order valence-corrected chi connectivity index (χ2v) is 4.41. The second kappa shape index (κ2) is 3.20. The fourth-order valence-electron chi connectivity index (χ4n) is 1.88. The Bertz CT molecular complexity index is 364. The predicted molar refractivity (Wildman–Crippen MR) is 52.5 cm³/mol. The summed E-state index contributed by atoms with van der Waals surface area (Å²) in [6.07, 6.45) is 0.960. The maximum absolute atomic E-state index is 13.0. The molecule has 0 aliphatic heterocycles. The van der Waals surface area contributed by atoms with Gasteiger partial charge in [0.1, 0.15) is 0 Å². The first-order chi connectivity index (χ1) is 6.58. The number of rotatable bonds is 2. The summed E-state index contributed by atoms with van der Waals surface area (Å²) in [5.74, 6) is -0.589. The topological polar surface area (TPSA) is 0 Å². The number of hydrogen-bond donors (Lipinski definition) is 0. The molecule has 1 fully saturated rings. The van der Waals surface area contributed by atoms with Crippen LogP contribution in [0.15, 0.2) is 18.2 Å². The highest BCUT2D eigenvalue weighted by Gasteiger charge is 2.50. The zero-order valence-electron chi connectivity index (χ0n) is 7.86. The summed E-state index contributed by atoms with van der Waals surface area (Å²) in [5.41, 5.74) is 0.804. The maximum atomic E-state index is 13.0. The van der Waals surface area contributed by atoms with Crippen molar-refractivity contribution < 1.29 is 8.78 Å². The fourth-order valence-corrected chi connectivity index (χ4v) is 2.33. The van der Waals surface area contributed by atoms with E-state index in [1.54, 1.807) is 6.07 Å². The molecule has 76 valence electrons. The van der Waals surface area contributed by atoms with Crippen molar-refractivity contribution in [2.75, 3.05) is 5.88 Å². The third-order valence-corrected chi connectivity index (χ3v) is 3.55. The van der Waals surface area contributed by atoms with Crippen molar-refractivity contribution in [1.82, 2.24) is 0 Å². The summed E-state index contributed by atoms with van der Waals surface area (Å²) in [7, 11) is 0. The average Bonchev–Trinajstić information content (AvgIpc) is 2.83. The van der Waals surface area contributed by atoms with Gasteiger partial charge < -0.3 is 0 Å². The Morgan fingerprint density at radius 2 is 2.14 bits per heavy atom. The largest absolute Gasteiger partial charge is 0.204 e. The van der Waals surface area contributed by atoms with E-state index in [0.717, 1.165) is 12.0 Å². The summed E-state index contributed by atoms with van der Waals surface area (Å²) in [6, 6.07) is 4.10. The molecule has 3 heteroatoms. The molecule has 14 heavy (non-hydrogen) atoms. The van der Waals surface area contributed by atoms with Crippen molar-refractivity contribution >= 4 is 11.6 Å². The van der Waals surface area contributed by atoms with E-state index in [2.05, 4.69) is 0 Å². The van der Waals surface area contributed by atoms with Crippen LogP contribution in [0.1, 0.15) is 18.9 Å². The molecule has 1 aliphatic rings. The van der Waals surface area contributed by atoms with Crippen LogP contribution in [0.5, 0.6) is 0 Å². The molecule has 1 aromatic rings. The van der Waals surface area contributed by atoms with Gasteiger partial charge in [-0.05, 0) is 35.4 Å². The van der Waals surface area contributed by atoms with Gasteiger partial charge in [-0.2, -0.15) is 0 Å². The molecule has 0 bridgehead atoms. The van der Waals surface area contributed by atoms with Crippen molar-refractivity contribution in [2.45, 2.75) is 18.8 Å². The highest BCUT2D eigenvalue weighted by Crippen LogP contribution is 2.54. The minimum atomic E-state index is -0.791. The van der Waals surface area contributed by atoms with Crippen LogP contribution in [0.3, 0.4) is 0 Å². The van der Waals surface area contributed by atoms with E-state index in [1.165, 1.54) is 12.1 Å². The molecule has 0 aromatic heterocycles. The van der Waals surface area contributed by atoms with Crippen molar-refractivity contribution in [1.29, 1.82) is 0 Å². The van der Waals surface area contributed by atoms with Crippen LogP contribution >= 0.6 is 11.6 Å². The number of alkyl halides is 1. The van der Waals surface area contributed by atoms with E-state index < -0.39 is 11.6 Å². The molecule has 0 nitrogen and oxygen atoms in total. The van der Waals surface area contributed by atoms with Gasteiger partial charge in [-0.15, -0.1) is 11.6 Å². The Morgan fingerprint density at radius 3 is 2.64 bits per heavy atom. The van der Waals surface area contributed by atoms with Crippen LogP contribution in [0.4, 0.5) is 8.78 Å². The van der Waals surface area contributed by atoms with E-state index in [9.17, 15) is 8.78 Å². The average molecular weight is 217 g/mol. The molecule has 2 unspecified atom stereocenters. The lowest BCUT2D eigenvalue weighted by atomic mass is 9.96. The SMILES string of the molecule is CC1(c2ccc(F)c(F)c2)CC1CCl. The van der Waals surface area contributed by atoms with E-state index in [4.69, 9.17) is 11.6 Å². The number of halogens is 3. The molecule has 0 saturated heterocycles. The molecule has 2 rings (SSSR count). The lowest BCUT2D eigenvalue weighted by Crippen LogP contribution is -2.06. The van der Waals surface area contributed by atoms with E-state index >= 15 is 0 Å². The van der Waals surface area contributed by atoms with Gasteiger partial charge >= 0.3 is 0 Å². The molecule has 1 saturated carbocycles. The second-order valence-electron chi connectivity index (χ2n) is 4.10. The molecule has 1 aliphatic carbocycles. The molecule has 0 amide bonds. The molecular weight excluding hydrogens is 206 g/mol. The van der Waals surface area contributed by atoms with Gasteiger partial charge in [0.25, 0.3) is 0 Å². The van der Waals surface area contributed by atoms with Crippen molar-refractivity contribution in [3.63, 3.8) is 0 Å². The van der Waals surface area contributed by atoms with Gasteiger partial charge in [0.2, 0.25) is 0 Å². The van der Waals surface area contributed by atoms with Crippen LogP contribution < -0.4 is 0 Å². The zero-order valence-corrected chi connectivity index (χ0v) is 8.61. The molecule has 0 heterocycles. The van der Waals surface area contributed by atoms with E-state index in [1.807, 2.05) is 6.92 Å². The summed E-state index contributed by atoms with van der Waals surface area (Å²) in [4.78, 5) is 0. The molecule has 0 spiro atoms. The summed E-state index contributed by atoms with van der Waals surface area (Å²) in [5, 5.41) is 0. The standard InChI is InChI=1S/C11H11ClF2/c1-11(5-8(11)6-12)7-2-3-9(13)10(14)4-7/h2-4,8H,5-6H2,1H3. The summed E-state index contributed by atoms with van der Waals surface area (Å²) >= 11 is 5.74. The van der Waals surface area contributed by atoms with Crippen molar-refractivity contribution in [3.8, 4) is 0 Å². The first-order valence-electron chi connectivity index (χ1n) is 4.59. The normalized spacial score (nSPS) is 30.4. The van der Waals surface area contributed by atoms with Gasteiger partial charge in [0.05, 0.1) is 0 Å². The molecule has 0 N–H and O–H groups in total. The van der Waals surface area contributed by atoms with Gasteiger partial charge in [0.15, 0.2) is 11.6 Å². The monoisotopic (exact) mass is 216 g/mol. The number of hydrogen-bond acceptors (Lipinski definition) is 0. The minimum Gasteiger partial charge on any atom is -0.204 e. The highest BCUT2D eigenvalue weighted by atomic mass is 35.5. The number of benzene rings is 1. The Morgan fingerprint density at radius 1 is 1.43 bits per heavy atom. The molecule has 2 atom stereocenters. The van der Waals surface area contributed by atoms with Gasteiger partial charge in [-0.25, -0.2) is 8.78 Å². The fraction of sp³-hybridized carbons (Fsp3) is 0.455. The smallest absolute Gasteiger partial charge is 0.159 e. The van der Waals surface area contributed by atoms with E-state index in [0.29, 0.717) is 11.8 Å². The first kappa shape index (κ1) is 9.91. The van der Waals surface area contributed by atoms with Crippen LogP contribution in [0.25, 0.3) is 0 Å². The molecule has 0 radical (unpaired) electrons. The summed E-state index contributed by atoms with van der Waals surface area (Å²) in [6.45, 7) is 2.03. The molecular formula is C11H11ClF2. The minimum absolute atomic E-state index is 0.0453. The van der Waals surface area contributed by atoms with Crippen LogP contribution in [0, 0.1) is 17.6 Å². The van der Waals surface area contributed by atoms with Gasteiger partial charge in [-0.1, -0.05) is 13.0 Å². The van der Waals surface area contributed by atoms with Crippen molar-refractivity contribution in [3.05, 3.63) is 35.4 Å². The van der Waals surface area contributed by atoms with Crippen LogP contribution in [-0.4, -0.2) is 5.88 Å². The summed E-state index contributed by atoms with van der Waals surface area (Å²) < 4.78 is 25.6.